The summed E-state index contributed by atoms with van der Waals surface area (Å²) in [6.07, 6.45) is 1.23. The zero-order chi connectivity index (χ0) is 11.6. The molecule has 1 amide bonds. The molecule has 0 saturated heterocycles. The fraction of sp³-hybridized carbons (Fsp3) is 0.375. The third-order valence-corrected chi connectivity index (χ3v) is 2.04. The third-order valence-electron chi connectivity index (χ3n) is 2.04. The first-order valence-electron chi connectivity index (χ1n) is 4.26. The number of carbonyl (C=O) groups is 2. The van der Waals surface area contributed by atoms with Crippen LogP contribution in [-0.2, 0) is 4.79 Å². The summed E-state index contributed by atoms with van der Waals surface area (Å²) in [4.78, 5) is 25.9. The summed E-state index contributed by atoms with van der Waals surface area (Å²) < 4.78 is 1.22. The van der Waals surface area contributed by atoms with Crippen molar-refractivity contribution in [3.05, 3.63) is 12.0 Å². The second-order valence-corrected chi connectivity index (χ2v) is 2.98. The summed E-state index contributed by atoms with van der Waals surface area (Å²) in [5.74, 6) is -1.50. The van der Waals surface area contributed by atoms with Crippen LogP contribution in [0.1, 0.15) is 23.5 Å². The van der Waals surface area contributed by atoms with Crippen molar-refractivity contribution in [3.63, 3.8) is 0 Å². The number of aromatic nitrogens is 2. The lowest BCUT2D eigenvalue weighted by molar-refractivity contribution is -0.140. The third kappa shape index (κ3) is 1.90. The van der Waals surface area contributed by atoms with Crippen LogP contribution in [0.4, 0.5) is 5.82 Å². The smallest absolute Gasteiger partial charge is 0.326 e. The largest absolute Gasteiger partial charge is 0.480 e. The SMILES string of the molecule is CNC(=O)c1c(N)ncn1[C@@H](C)C(=O)O. The number of carboxylic acid groups (broad SMARTS) is 1. The van der Waals surface area contributed by atoms with Gasteiger partial charge in [0.25, 0.3) is 5.91 Å². The predicted molar refractivity (Wildman–Crippen MR) is 52.4 cm³/mol. The number of nitrogens with one attached hydrogen (secondary N) is 1. The number of imidazole rings is 1. The highest BCUT2D eigenvalue weighted by atomic mass is 16.4. The van der Waals surface area contributed by atoms with Crippen molar-refractivity contribution < 1.29 is 14.7 Å². The Labute approximate surface area is 85.9 Å². The number of carbonyl (C=O) groups excluding carboxylic acids is 1. The van der Waals surface area contributed by atoms with Gasteiger partial charge in [0, 0.05) is 7.05 Å². The van der Waals surface area contributed by atoms with E-state index in [0.717, 1.165) is 0 Å². The Hall–Kier alpha value is -2.05. The van der Waals surface area contributed by atoms with Crippen molar-refractivity contribution in [2.45, 2.75) is 13.0 Å². The molecule has 7 nitrogen and oxygen atoms in total. The molecule has 0 aliphatic rings. The van der Waals surface area contributed by atoms with Gasteiger partial charge in [0.15, 0.2) is 11.5 Å². The van der Waals surface area contributed by atoms with Crippen molar-refractivity contribution >= 4 is 17.7 Å². The van der Waals surface area contributed by atoms with Gasteiger partial charge in [-0.1, -0.05) is 0 Å². The van der Waals surface area contributed by atoms with Crippen molar-refractivity contribution in [1.82, 2.24) is 14.9 Å². The fourth-order valence-electron chi connectivity index (χ4n) is 1.14. The van der Waals surface area contributed by atoms with Gasteiger partial charge in [-0.05, 0) is 6.92 Å². The molecule has 0 aliphatic carbocycles. The molecular formula is C8H12N4O3. The van der Waals surface area contributed by atoms with Gasteiger partial charge >= 0.3 is 5.97 Å². The Morgan fingerprint density at radius 1 is 1.67 bits per heavy atom. The van der Waals surface area contributed by atoms with Gasteiger partial charge < -0.3 is 20.7 Å². The first-order chi connectivity index (χ1) is 6.99. The minimum atomic E-state index is -1.06. The Morgan fingerprint density at radius 3 is 2.73 bits per heavy atom. The van der Waals surface area contributed by atoms with Crippen LogP contribution in [0.5, 0.6) is 0 Å². The Balaban J connectivity index is 3.20. The summed E-state index contributed by atoms with van der Waals surface area (Å²) >= 11 is 0. The number of amides is 1. The first kappa shape index (κ1) is 11.0. The van der Waals surface area contributed by atoms with E-state index >= 15 is 0 Å². The van der Waals surface area contributed by atoms with E-state index in [0.29, 0.717) is 0 Å². The van der Waals surface area contributed by atoms with Crippen LogP contribution in [0.15, 0.2) is 6.33 Å². The summed E-state index contributed by atoms with van der Waals surface area (Å²) in [6.45, 7) is 1.44. The number of carboxylic acids is 1. The molecule has 7 heteroatoms. The zero-order valence-electron chi connectivity index (χ0n) is 8.39. The molecule has 0 radical (unpaired) electrons. The van der Waals surface area contributed by atoms with Gasteiger partial charge in [0.2, 0.25) is 0 Å². The highest BCUT2D eigenvalue weighted by Gasteiger charge is 2.22. The molecule has 1 aromatic heterocycles. The predicted octanol–water partition coefficient (Wildman–Crippen LogP) is -0.529. The van der Waals surface area contributed by atoms with Crippen LogP contribution in [0.2, 0.25) is 0 Å². The van der Waals surface area contributed by atoms with Crippen LogP contribution in [0.3, 0.4) is 0 Å². The number of aliphatic carboxylic acids is 1. The van der Waals surface area contributed by atoms with Crippen LogP contribution >= 0.6 is 0 Å². The van der Waals surface area contributed by atoms with E-state index < -0.39 is 17.9 Å². The normalized spacial score (nSPS) is 12.1. The van der Waals surface area contributed by atoms with Crippen molar-refractivity contribution in [1.29, 1.82) is 0 Å². The number of nitrogen functional groups attached to an aromatic ring is 1. The molecule has 0 spiro atoms. The lowest BCUT2D eigenvalue weighted by atomic mass is 10.3. The van der Waals surface area contributed by atoms with Crippen LogP contribution < -0.4 is 11.1 Å². The maximum absolute atomic E-state index is 11.4. The van der Waals surface area contributed by atoms with E-state index in [2.05, 4.69) is 10.3 Å². The Kier molecular flexibility index (Phi) is 2.93. The Bertz CT molecular complexity index is 399. The molecule has 4 N–H and O–H groups in total. The van der Waals surface area contributed by atoms with E-state index in [4.69, 9.17) is 10.8 Å². The molecule has 1 heterocycles. The summed E-state index contributed by atoms with van der Waals surface area (Å²) in [6, 6.07) is -0.887. The van der Waals surface area contributed by atoms with E-state index in [9.17, 15) is 9.59 Å². The molecule has 0 saturated carbocycles. The average molecular weight is 212 g/mol. The van der Waals surface area contributed by atoms with Gasteiger partial charge in [-0.2, -0.15) is 0 Å². The molecular weight excluding hydrogens is 200 g/mol. The number of hydrogen-bond donors (Lipinski definition) is 3. The molecule has 0 aromatic carbocycles. The summed E-state index contributed by atoms with van der Waals surface area (Å²) in [5, 5.41) is 11.2. The second-order valence-electron chi connectivity index (χ2n) is 2.98. The minimum Gasteiger partial charge on any atom is -0.480 e. The standard InChI is InChI=1S/C8H12N4O3/c1-4(8(14)15)12-3-11-6(9)5(12)7(13)10-2/h3-4H,9H2,1-2H3,(H,10,13)(H,14,15)/t4-/m0/s1. The molecule has 15 heavy (non-hydrogen) atoms. The molecule has 1 aromatic rings. The summed E-state index contributed by atoms with van der Waals surface area (Å²) in [5.41, 5.74) is 5.53. The number of hydrogen-bond acceptors (Lipinski definition) is 4. The maximum atomic E-state index is 11.4. The number of nitrogens with zero attached hydrogens (tertiary/aromatic N) is 2. The zero-order valence-corrected chi connectivity index (χ0v) is 8.39. The molecule has 1 atom stereocenters. The van der Waals surface area contributed by atoms with Gasteiger partial charge in [-0.3, -0.25) is 4.79 Å². The minimum absolute atomic E-state index is 0.0162. The van der Waals surface area contributed by atoms with E-state index in [1.165, 1.54) is 24.9 Å². The molecule has 1 rings (SSSR count). The van der Waals surface area contributed by atoms with E-state index in [1.54, 1.807) is 0 Å². The first-order valence-corrected chi connectivity index (χ1v) is 4.26. The number of rotatable bonds is 3. The average Bonchev–Trinajstić information content (AvgIpc) is 2.57. The van der Waals surface area contributed by atoms with Crippen molar-refractivity contribution in [2.24, 2.45) is 0 Å². The monoisotopic (exact) mass is 212 g/mol. The second kappa shape index (κ2) is 3.99. The topological polar surface area (TPSA) is 110 Å². The molecule has 0 bridgehead atoms. The molecule has 0 aliphatic heterocycles. The van der Waals surface area contributed by atoms with Gasteiger partial charge in [-0.15, -0.1) is 0 Å². The van der Waals surface area contributed by atoms with Crippen LogP contribution in [-0.4, -0.2) is 33.6 Å². The van der Waals surface area contributed by atoms with Gasteiger partial charge in [-0.25, -0.2) is 9.78 Å². The van der Waals surface area contributed by atoms with Gasteiger partial charge in [0.1, 0.15) is 6.04 Å². The van der Waals surface area contributed by atoms with E-state index in [1.807, 2.05) is 0 Å². The summed E-state index contributed by atoms with van der Waals surface area (Å²) in [7, 11) is 1.44. The van der Waals surface area contributed by atoms with Crippen LogP contribution in [0, 0.1) is 0 Å². The maximum Gasteiger partial charge on any atom is 0.326 e. The lowest BCUT2D eigenvalue weighted by Crippen LogP contribution is -2.26. The van der Waals surface area contributed by atoms with Gasteiger partial charge in [0.05, 0.1) is 6.33 Å². The van der Waals surface area contributed by atoms with Crippen LogP contribution in [0.25, 0.3) is 0 Å². The molecule has 0 unspecified atom stereocenters. The molecule has 82 valence electrons. The number of nitrogens with two attached hydrogens (primary N) is 1. The number of anilines is 1. The van der Waals surface area contributed by atoms with Crippen molar-refractivity contribution in [2.75, 3.05) is 12.8 Å². The highest BCUT2D eigenvalue weighted by Crippen LogP contribution is 2.15. The fourth-order valence-corrected chi connectivity index (χ4v) is 1.14. The highest BCUT2D eigenvalue weighted by molar-refractivity contribution is 5.97. The Morgan fingerprint density at radius 2 is 2.27 bits per heavy atom. The quantitative estimate of drug-likeness (QED) is 0.623. The molecule has 0 fully saturated rings. The van der Waals surface area contributed by atoms with E-state index in [-0.39, 0.29) is 11.5 Å². The lowest BCUT2D eigenvalue weighted by Gasteiger charge is -2.11. The van der Waals surface area contributed by atoms with Crippen molar-refractivity contribution in [3.8, 4) is 0 Å².